The largest absolute Gasteiger partial charge is 0.497 e. The molecule has 4 nitrogen and oxygen atoms in total. The van der Waals surface area contributed by atoms with Crippen LogP contribution in [0.4, 0.5) is 5.69 Å². The first-order valence-electron chi connectivity index (χ1n) is 5.95. The number of anilines is 1. The minimum Gasteiger partial charge on any atom is -0.497 e. The molecule has 1 aliphatic carbocycles. The monoisotopic (exact) mass is 268 g/mol. The molecular weight excluding hydrogens is 252 g/mol. The SMILES string of the molecule is COc1ccc(Cl)c(NC(=O)CC2(N)CCC2)c1. The van der Waals surface area contributed by atoms with Crippen LogP contribution in [0.25, 0.3) is 0 Å². The van der Waals surface area contributed by atoms with Gasteiger partial charge in [0.25, 0.3) is 0 Å². The molecule has 1 aromatic rings. The fourth-order valence-electron chi connectivity index (χ4n) is 2.05. The molecule has 1 amide bonds. The lowest BCUT2D eigenvalue weighted by molar-refractivity contribution is -0.118. The number of amides is 1. The van der Waals surface area contributed by atoms with Gasteiger partial charge in [0.1, 0.15) is 5.75 Å². The number of hydrogen-bond donors (Lipinski definition) is 2. The maximum atomic E-state index is 11.9. The Kier molecular flexibility index (Phi) is 3.78. The topological polar surface area (TPSA) is 64.3 Å². The van der Waals surface area contributed by atoms with Gasteiger partial charge in [0.2, 0.25) is 5.91 Å². The van der Waals surface area contributed by atoms with Crippen molar-refractivity contribution in [2.75, 3.05) is 12.4 Å². The molecular formula is C13H17ClN2O2. The molecule has 0 atom stereocenters. The molecule has 1 aromatic carbocycles. The van der Waals surface area contributed by atoms with E-state index in [4.69, 9.17) is 22.1 Å². The molecule has 0 bridgehead atoms. The van der Waals surface area contributed by atoms with E-state index in [1.165, 1.54) is 0 Å². The second kappa shape index (κ2) is 5.16. The van der Waals surface area contributed by atoms with Gasteiger partial charge in [0.15, 0.2) is 0 Å². The molecule has 0 aromatic heterocycles. The predicted molar refractivity (Wildman–Crippen MR) is 72.0 cm³/mol. The molecule has 98 valence electrons. The summed E-state index contributed by atoms with van der Waals surface area (Å²) in [4.78, 5) is 11.9. The van der Waals surface area contributed by atoms with Gasteiger partial charge in [-0.25, -0.2) is 0 Å². The zero-order valence-electron chi connectivity index (χ0n) is 10.3. The fraction of sp³-hybridized carbons (Fsp3) is 0.462. The van der Waals surface area contributed by atoms with Crippen LogP contribution in [0.5, 0.6) is 5.75 Å². The first-order valence-corrected chi connectivity index (χ1v) is 6.32. The van der Waals surface area contributed by atoms with Gasteiger partial charge in [0.05, 0.1) is 17.8 Å². The van der Waals surface area contributed by atoms with Crippen molar-refractivity contribution in [1.82, 2.24) is 0 Å². The average Bonchev–Trinajstić information content (AvgIpc) is 2.30. The van der Waals surface area contributed by atoms with Gasteiger partial charge in [-0.15, -0.1) is 0 Å². The number of hydrogen-bond acceptors (Lipinski definition) is 3. The van der Waals surface area contributed by atoms with Crippen molar-refractivity contribution in [2.45, 2.75) is 31.2 Å². The highest BCUT2D eigenvalue weighted by molar-refractivity contribution is 6.33. The summed E-state index contributed by atoms with van der Waals surface area (Å²) in [7, 11) is 1.57. The summed E-state index contributed by atoms with van der Waals surface area (Å²) in [6.07, 6.45) is 3.25. The first kappa shape index (κ1) is 13.2. The summed E-state index contributed by atoms with van der Waals surface area (Å²) in [6, 6.07) is 5.14. The number of benzene rings is 1. The standard InChI is InChI=1S/C13H17ClN2O2/c1-18-9-3-4-10(14)11(7-9)16-12(17)8-13(15)5-2-6-13/h3-4,7H,2,5-6,8,15H2,1H3,(H,16,17). The molecule has 1 saturated carbocycles. The van der Waals surface area contributed by atoms with Crippen molar-refractivity contribution < 1.29 is 9.53 Å². The van der Waals surface area contributed by atoms with Crippen LogP contribution in [0.2, 0.25) is 5.02 Å². The van der Waals surface area contributed by atoms with Gasteiger partial charge in [-0.2, -0.15) is 0 Å². The molecule has 0 unspecified atom stereocenters. The van der Waals surface area contributed by atoms with Gasteiger partial charge in [-0.1, -0.05) is 11.6 Å². The van der Waals surface area contributed by atoms with Crippen molar-refractivity contribution in [3.05, 3.63) is 23.2 Å². The minimum atomic E-state index is -0.324. The first-order chi connectivity index (χ1) is 8.52. The maximum absolute atomic E-state index is 11.9. The second-order valence-corrected chi connectivity index (χ2v) is 5.19. The zero-order valence-corrected chi connectivity index (χ0v) is 11.1. The molecule has 1 aliphatic rings. The lowest BCUT2D eigenvalue weighted by Gasteiger charge is -2.37. The summed E-state index contributed by atoms with van der Waals surface area (Å²) >= 11 is 6.01. The van der Waals surface area contributed by atoms with Gasteiger partial charge in [-0.3, -0.25) is 4.79 Å². The number of nitrogens with two attached hydrogens (primary N) is 1. The van der Waals surface area contributed by atoms with E-state index in [9.17, 15) is 4.79 Å². The van der Waals surface area contributed by atoms with Crippen LogP contribution in [0.1, 0.15) is 25.7 Å². The summed E-state index contributed by atoms with van der Waals surface area (Å²) in [5.41, 5.74) is 6.27. The van der Waals surface area contributed by atoms with Crippen LogP contribution < -0.4 is 15.8 Å². The minimum absolute atomic E-state index is 0.104. The summed E-state index contributed by atoms with van der Waals surface area (Å²) < 4.78 is 5.09. The van der Waals surface area contributed by atoms with Crippen molar-refractivity contribution >= 4 is 23.2 Å². The second-order valence-electron chi connectivity index (χ2n) is 4.79. The molecule has 0 spiro atoms. The van der Waals surface area contributed by atoms with Crippen molar-refractivity contribution in [2.24, 2.45) is 5.73 Å². The lowest BCUT2D eigenvalue weighted by atomic mass is 9.75. The number of methoxy groups -OCH3 is 1. The van der Waals surface area contributed by atoms with E-state index < -0.39 is 0 Å². The van der Waals surface area contributed by atoms with E-state index in [0.717, 1.165) is 19.3 Å². The molecule has 5 heteroatoms. The van der Waals surface area contributed by atoms with E-state index in [-0.39, 0.29) is 11.4 Å². The quantitative estimate of drug-likeness (QED) is 0.882. The third-order valence-electron chi connectivity index (χ3n) is 3.31. The predicted octanol–water partition coefficient (Wildman–Crippen LogP) is 2.56. The summed E-state index contributed by atoms with van der Waals surface area (Å²) in [6.45, 7) is 0. The zero-order chi connectivity index (χ0) is 13.2. The fourth-order valence-corrected chi connectivity index (χ4v) is 2.21. The molecule has 2 rings (SSSR count). The van der Waals surface area contributed by atoms with Crippen LogP contribution in [0.3, 0.4) is 0 Å². The van der Waals surface area contributed by atoms with Gasteiger partial charge >= 0.3 is 0 Å². The molecule has 18 heavy (non-hydrogen) atoms. The molecule has 3 N–H and O–H groups in total. The van der Waals surface area contributed by atoms with Gasteiger partial charge in [-0.05, 0) is 31.4 Å². The van der Waals surface area contributed by atoms with Crippen molar-refractivity contribution in [3.8, 4) is 5.75 Å². The molecule has 0 heterocycles. The Hall–Kier alpha value is -1.26. The van der Waals surface area contributed by atoms with Gasteiger partial charge in [0, 0.05) is 18.0 Å². The van der Waals surface area contributed by atoms with E-state index >= 15 is 0 Å². The molecule has 0 radical (unpaired) electrons. The Morgan fingerprint density at radius 1 is 1.56 bits per heavy atom. The Balaban J connectivity index is 2.02. The highest BCUT2D eigenvalue weighted by Crippen LogP contribution is 2.33. The van der Waals surface area contributed by atoms with Crippen LogP contribution in [-0.2, 0) is 4.79 Å². The van der Waals surface area contributed by atoms with Gasteiger partial charge < -0.3 is 15.8 Å². The smallest absolute Gasteiger partial charge is 0.226 e. The number of nitrogens with one attached hydrogen (secondary N) is 1. The number of carbonyl (C=O) groups excluding carboxylic acids is 1. The van der Waals surface area contributed by atoms with Crippen LogP contribution >= 0.6 is 11.6 Å². The molecule has 0 aliphatic heterocycles. The maximum Gasteiger partial charge on any atom is 0.226 e. The number of rotatable bonds is 4. The Morgan fingerprint density at radius 2 is 2.28 bits per heavy atom. The summed E-state index contributed by atoms with van der Waals surface area (Å²) in [5, 5.41) is 3.27. The summed E-state index contributed by atoms with van der Waals surface area (Å²) in [5.74, 6) is 0.549. The average molecular weight is 269 g/mol. The number of halogens is 1. The Morgan fingerprint density at radius 3 is 2.83 bits per heavy atom. The third-order valence-corrected chi connectivity index (χ3v) is 3.64. The Bertz CT molecular complexity index is 458. The van der Waals surface area contributed by atoms with Crippen LogP contribution in [0.15, 0.2) is 18.2 Å². The van der Waals surface area contributed by atoms with Crippen LogP contribution in [0, 0.1) is 0 Å². The number of carbonyl (C=O) groups is 1. The van der Waals surface area contributed by atoms with E-state index in [2.05, 4.69) is 5.32 Å². The normalized spacial score (nSPS) is 16.8. The van der Waals surface area contributed by atoms with E-state index in [1.54, 1.807) is 25.3 Å². The van der Waals surface area contributed by atoms with Crippen molar-refractivity contribution in [3.63, 3.8) is 0 Å². The van der Waals surface area contributed by atoms with Crippen LogP contribution in [-0.4, -0.2) is 18.6 Å². The Labute approximate surface area is 111 Å². The molecule has 0 saturated heterocycles. The molecule has 1 fully saturated rings. The highest BCUT2D eigenvalue weighted by atomic mass is 35.5. The van der Waals surface area contributed by atoms with E-state index in [1.807, 2.05) is 0 Å². The third kappa shape index (κ3) is 2.94. The lowest BCUT2D eigenvalue weighted by Crippen LogP contribution is -2.48. The van der Waals surface area contributed by atoms with E-state index in [0.29, 0.717) is 22.9 Å². The highest BCUT2D eigenvalue weighted by Gasteiger charge is 2.34. The van der Waals surface area contributed by atoms with Crippen molar-refractivity contribution in [1.29, 1.82) is 0 Å². The number of ether oxygens (including phenoxy) is 1.